The number of aryl methyl sites for hydroxylation is 1. The monoisotopic (exact) mass is 365 g/mol. The SMILES string of the molecule is CCn1cc(-c2noc(CNC(=O)c3cc(-c4cccnc4)on3)n2)cn1. The van der Waals surface area contributed by atoms with Gasteiger partial charge in [-0.3, -0.25) is 14.5 Å². The van der Waals surface area contributed by atoms with Crippen LogP contribution in [0.5, 0.6) is 0 Å². The van der Waals surface area contributed by atoms with E-state index in [1.165, 1.54) is 0 Å². The molecule has 0 atom stereocenters. The molecule has 136 valence electrons. The van der Waals surface area contributed by atoms with Crippen molar-refractivity contribution >= 4 is 5.91 Å². The van der Waals surface area contributed by atoms with Crippen LogP contribution in [0.15, 0.2) is 52.0 Å². The maximum Gasteiger partial charge on any atom is 0.273 e. The van der Waals surface area contributed by atoms with Crippen molar-refractivity contribution in [2.24, 2.45) is 0 Å². The Kier molecular flexibility index (Phi) is 4.44. The molecule has 0 bridgehead atoms. The van der Waals surface area contributed by atoms with Crippen LogP contribution < -0.4 is 5.32 Å². The van der Waals surface area contributed by atoms with Gasteiger partial charge in [0.1, 0.15) is 0 Å². The van der Waals surface area contributed by atoms with Crippen molar-refractivity contribution in [3.63, 3.8) is 0 Å². The predicted molar refractivity (Wildman–Crippen MR) is 92.1 cm³/mol. The Hall–Kier alpha value is -3.82. The van der Waals surface area contributed by atoms with Crippen molar-refractivity contribution in [1.82, 2.24) is 35.4 Å². The lowest BCUT2D eigenvalue weighted by Crippen LogP contribution is -2.23. The zero-order valence-electron chi connectivity index (χ0n) is 14.4. The molecular formula is C17H15N7O3. The lowest BCUT2D eigenvalue weighted by molar-refractivity contribution is 0.0937. The summed E-state index contributed by atoms with van der Waals surface area (Å²) in [5.41, 5.74) is 1.63. The minimum absolute atomic E-state index is 0.0723. The fraction of sp³-hybridized carbons (Fsp3) is 0.176. The summed E-state index contributed by atoms with van der Waals surface area (Å²) in [6, 6.07) is 5.13. The molecule has 10 heteroatoms. The van der Waals surface area contributed by atoms with Gasteiger partial charge in [-0.25, -0.2) is 0 Å². The van der Waals surface area contributed by atoms with Gasteiger partial charge in [0.25, 0.3) is 5.91 Å². The van der Waals surface area contributed by atoms with Crippen molar-refractivity contribution in [3.05, 3.63) is 54.6 Å². The molecule has 1 N–H and O–H groups in total. The lowest BCUT2D eigenvalue weighted by Gasteiger charge is -1.97. The zero-order valence-corrected chi connectivity index (χ0v) is 14.4. The number of rotatable bonds is 6. The molecule has 27 heavy (non-hydrogen) atoms. The molecule has 0 spiro atoms. The summed E-state index contributed by atoms with van der Waals surface area (Å²) in [5.74, 6) is 0.742. The maximum absolute atomic E-state index is 12.2. The number of amides is 1. The van der Waals surface area contributed by atoms with Crippen LogP contribution >= 0.6 is 0 Å². The third-order valence-electron chi connectivity index (χ3n) is 3.77. The second kappa shape index (κ2) is 7.20. The lowest BCUT2D eigenvalue weighted by atomic mass is 10.2. The molecule has 0 saturated heterocycles. The fourth-order valence-corrected chi connectivity index (χ4v) is 2.37. The summed E-state index contributed by atoms with van der Waals surface area (Å²) in [4.78, 5) is 20.5. The van der Waals surface area contributed by atoms with E-state index >= 15 is 0 Å². The van der Waals surface area contributed by atoms with Crippen molar-refractivity contribution in [2.45, 2.75) is 20.0 Å². The third-order valence-corrected chi connectivity index (χ3v) is 3.77. The van der Waals surface area contributed by atoms with Gasteiger partial charge in [-0.15, -0.1) is 0 Å². The average molecular weight is 365 g/mol. The normalized spacial score (nSPS) is 10.9. The molecule has 4 aromatic heterocycles. The highest BCUT2D eigenvalue weighted by Gasteiger charge is 2.16. The fourth-order valence-electron chi connectivity index (χ4n) is 2.37. The van der Waals surface area contributed by atoms with Crippen LogP contribution in [-0.2, 0) is 13.1 Å². The van der Waals surface area contributed by atoms with Gasteiger partial charge < -0.3 is 14.4 Å². The second-order valence-corrected chi connectivity index (χ2v) is 5.60. The molecule has 0 aliphatic carbocycles. The Balaban J connectivity index is 1.39. The first-order valence-corrected chi connectivity index (χ1v) is 8.23. The molecule has 4 rings (SSSR count). The van der Waals surface area contributed by atoms with E-state index in [1.807, 2.05) is 19.2 Å². The molecule has 10 nitrogen and oxygen atoms in total. The van der Waals surface area contributed by atoms with Crippen molar-refractivity contribution in [3.8, 4) is 22.7 Å². The number of nitrogens with one attached hydrogen (secondary N) is 1. The van der Waals surface area contributed by atoms with Crippen molar-refractivity contribution in [2.75, 3.05) is 0 Å². The van der Waals surface area contributed by atoms with Crippen LogP contribution in [0.4, 0.5) is 0 Å². The van der Waals surface area contributed by atoms with E-state index in [0.717, 1.165) is 17.7 Å². The molecule has 4 aromatic rings. The summed E-state index contributed by atoms with van der Waals surface area (Å²) < 4.78 is 12.1. The van der Waals surface area contributed by atoms with Gasteiger partial charge in [0.05, 0.1) is 18.3 Å². The van der Waals surface area contributed by atoms with E-state index in [1.54, 1.807) is 35.4 Å². The van der Waals surface area contributed by atoms with Gasteiger partial charge in [-0.2, -0.15) is 10.1 Å². The molecule has 0 radical (unpaired) electrons. The largest absolute Gasteiger partial charge is 0.355 e. The summed E-state index contributed by atoms with van der Waals surface area (Å²) in [7, 11) is 0. The number of carbonyl (C=O) groups excluding carboxylic acids is 1. The Morgan fingerprint density at radius 2 is 2.15 bits per heavy atom. The number of carbonyl (C=O) groups is 1. The molecule has 4 heterocycles. The Morgan fingerprint density at radius 1 is 1.22 bits per heavy atom. The topological polar surface area (TPSA) is 125 Å². The van der Waals surface area contributed by atoms with Gasteiger partial charge in [0.2, 0.25) is 11.7 Å². The average Bonchev–Trinajstić information content (AvgIpc) is 3.47. The number of aromatic nitrogens is 6. The van der Waals surface area contributed by atoms with E-state index in [9.17, 15) is 4.79 Å². The van der Waals surface area contributed by atoms with Crippen LogP contribution in [0.2, 0.25) is 0 Å². The standard InChI is InChI=1S/C17H15N7O3/c1-2-24-10-12(8-20-24)16-21-15(27-23-16)9-19-17(25)13-6-14(26-22-13)11-4-3-5-18-7-11/h3-8,10H,2,9H2,1H3,(H,19,25). The molecular weight excluding hydrogens is 350 g/mol. The van der Waals surface area contributed by atoms with Crippen molar-refractivity contribution in [1.29, 1.82) is 0 Å². The van der Waals surface area contributed by atoms with E-state index in [0.29, 0.717) is 11.6 Å². The van der Waals surface area contributed by atoms with Gasteiger partial charge >= 0.3 is 0 Å². The van der Waals surface area contributed by atoms with Crippen LogP contribution in [0.1, 0.15) is 23.3 Å². The summed E-state index contributed by atoms with van der Waals surface area (Å²) in [6.07, 6.45) is 6.76. The molecule has 0 aliphatic rings. The van der Waals surface area contributed by atoms with E-state index < -0.39 is 5.91 Å². The Labute approximate surface area is 153 Å². The first kappa shape index (κ1) is 16.6. The molecule has 0 saturated carbocycles. The maximum atomic E-state index is 12.2. The van der Waals surface area contributed by atoms with Crippen LogP contribution in [0.25, 0.3) is 22.7 Å². The van der Waals surface area contributed by atoms with Gasteiger partial charge in [-0.1, -0.05) is 10.3 Å². The molecule has 0 aliphatic heterocycles. The molecule has 0 unspecified atom stereocenters. The highest BCUT2D eigenvalue weighted by molar-refractivity contribution is 5.92. The predicted octanol–water partition coefficient (Wildman–Crippen LogP) is 1.93. The van der Waals surface area contributed by atoms with E-state index in [-0.39, 0.29) is 18.1 Å². The number of nitrogens with zero attached hydrogens (tertiary/aromatic N) is 6. The number of hydrogen-bond donors (Lipinski definition) is 1. The number of hydrogen-bond acceptors (Lipinski definition) is 8. The van der Waals surface area contributed by atoms with E-state index in [4.69, 9.17) is 9.05 Å². The quantitative estimate of drug-likeness (QED) is 0.549. The first-order valence-electron chi connectivity index (χ1n) is 8.23. The minimum Gasteiger partial charge on any atom is -0.355 e. The summed E-state index contributed by atoms with van der Waals surface area (Å²) in [6.45, 7) is 2.81. The van der Waals surface area contributed by atoms with Crippen LogP contribution in [0.3, 0.4) is 0 Å². The third kappa shape index (κ3) is 3.59. The minimum atomic E-state index is -0.410. The Bertz CT molecular complexity index is 1050. The van der Waals surface area contributed by atoms with Gasteiger partial charge in [0, 0.05) is 36.8 Å². The Morgan fingerprint density at radius 3 is 2.93 bits per heavy atom. The van der Waals surface area contributed by atoms with E-state index in [2.05, 4.69) is 30.7 Å². The molecule has 1 amide bonds. The number of pyridine rings is 1. The van der Waals surface area contributed by atoms with Gasteiger partial charge in [0.15, 0.2) is 11.5 Å². The highest BCUT2D eigenvalue weighted by Crippen LogP contribution is 2.19. The zero-order chi connectivity index (χ0) is 18.6. The van der Waals surface area contributed by atoms with Crippen molar-refractivity contribution < 1.29 is 13.8 Å². The molecule has 0 fully saturated rings. The van der Waals surface area contributed by atoms with Crippen LogP contribution in [0, 0.1) is 0 Å². The summed E-state index contributed by atoms with van der Waals surface area (Å²) >= 11 is 0. The summed E-state index contributed by atoms with van der Waals surface area (Å²) in [5, 5.41) is 14.5. The smallest absolute Gasteiger partial charge is 0.273 e. The van der Waals surface area contributed by atoms with Gasteiger partial charge in [-0.05, 0) is 19.1 Å². The first-order chi connectivity index (χ1) is 13.2. The second-order valence-electron chi connectivity index (χ2n) is 5.60. The highest BCUT2D eigenvalue weighted by atomic mass is 16.5. The van der Waals surface area contributed by atoms with Crippen LogP contribution in [-0.4, -0.2) is 36.0 Å². The molecule has 0 aromatic carbocycles.